The molecule has 0 amide bonds. The highest BCUT2D eigenvalue weighted by atomic mass is 35.5. The number of thiophene rings is 1. The molecule has 1 unspecified atom stereocenters. The summed E-state index contributed by atoms with van der Waals surface area (Å²) in [4.78, 5) is 17.0. The van der Waals surface area contributed by atoms with Crippen LogP contribution in [0.1, 0.15) is 41.0 Å². The number of anilines is 1. The van der Waals surface area contributed by atoms with Crippen LogP contribution >= 0.6 is 22.9 Å². The van der Waals surface area contributed by atoms with E-state index < -0.39 is 0 Å². The molecule has 2 aromatic carbocycles. The number of rotatable bonds is 4. The number of nitrogens with zero attached hydrogens (tertiary/aromatic N) is 4. The zero-order chi connectivity index (χ0) is 23.1. The van der Waals surface area contributed by atoms with Gasteiger partial charge in [0.2, 0.25) is 5.28 Å². The summed E-state index contributed by atoms with van der Waals surface area (Å²) in [5, 5.41) is 1.62. The molecule has 1 aliphatic carbocycles. The highest BCUT2D eigenvalue weighted by Crippen LogP contribution is 2.42. The van der Waals surface area contributed by atoms with Gasteiger partial charge in [-0.25, -0.2) is 4.98 Å². The molecule has 0 spiro atoms. The van der Waals surface area contributed by atoms with E-state index in [1.165, 1.54) is 33.4 Å². The minimum Gasteiger partial charge on any atom is -0.353 e. The molecule has 2 aromatic heterocycles. The first-order chi connectivity index (χ1) is 16.7. The Bertz CT molecular complexity index is 1240. The second-order valence-corrected chi connectivity index (χ2v) is 11.0. The van der Waals surface area contributed by atoms with Gasteiger partial charge in [-0.1, -0.05) is 67.6 Å². The number of hydrogen-bond donors (Lipinski definition) is 0. The molecule has 0 radical (unpaired) electrons. The third kappa shape index (κ3) is 4.10. The number of hydrogen-bond acceptors (Lipinski definition) is 5. The van der Waals surface area contributed by atoms with E-state index in [-0.39, 0.29) is 6.04 Å². The van der Waals surface area contributed by atoms with Crippen LogP contribution in [0.4, 0.5) is 5.82 Å². The first-order valence-corrected chi connectivity index (χ1v) is 13.4. The number of piperazine rings is 1. The lowest BCUT2D eigenvalue weighted by atomic mass is 9.89. The van der Waals surface area contributed by atoms with Crippen LogP contribution in [0.2, 0.25) is 5.28 Å². The largest absolute Gasteiger partial charge is 0.353 e. The Morgan fingerprint density at radius 2 is 1.56 bits per heavy atom. The molecule has 1 atom stereocenters. The topological polar surface area (TPSA) is 32.3 Å². The molecule has 1 saturated heterocycles. The maximum Gasteiger partial charge on any atom is 0.225 e. The summed E-state index contributed by atoms with van der Waals surface area (Å²) in [5.41, 5.74) is 4.16. The molecule has 0 bridgehead atoms. The van der Waals surface area contributed by atoms with Crippen LogP contribution in [0.3, 0.4) is 0 Å². The Morgan fingerprint density at radius 1 is 0.912 bits per heavy atom. The minimum atomic E-state index is 0.258. The standard InChI is InChI=1S/C28H29ClN4S/c1-19-12-13-22-23(18-19)34-27-24(22)26(30-28(29)31-27)33-16-14-32(15-17-33)25(20-8-4-2-5-9-20)21-10-6-3-7-11-21/h2-11,19,25H,12-18H2,1H3. The smallest absolute Gasteiger partial charge is 0.225 e. The molecular formula is C28H29ClN4S. The van der Waals surface area contributed by atoms with Crippen LogP contribution in [-0.2, 0) is 12.8 Å². The van der Waals surface area contributed by atoms with Crippen molar-refractivity contribution in [1.82, 2.24) is 14.9 Å². The van der Waals surface area contributed by atoms with Gasteiger partial charge in [-0.15, -0.1) is 11.3 Å². The minimum absolute atomic E-state index is 0.258. The number of fused-ring (bicyclic) bond motifs is 3. The van der Waals surface area contributed by atoms with Crippen molar-refractivity contribution in [1.29, 1.82) is 0 Å². The number of aromatic nitrogens is 2. The second-order valence-electron chi connectivity index (χ2n) is 9.60. The first-order valence-electron chi connectivity index (χ1n) is 12.2. The first kappa shape index (κ1) is 22.0. The van der Waals surface area contributed by atoms with Gasteiger partial charge >= 0.3 is 0 Å². The fourth-order valence-electron chi connectivity index (χ4n) is 5.60. The molecule has 2 aliphatic rings. The van der Waals surface area contributed by atoms with E-state index in [2.05, 4.69) is 82.4 Å². The summed E-state index contributed by atoms with van der Waals surface area (Å²) in [7, 11) is 0. The van der Waals surface area contributed by atoms with Crippen molar-refractivity contribution in [3.8, 4) is 0 Å². The Morgan fingerprint density at radius 3 is 2.21 bits per heavy atom. The lowest BCUT2D eigenvalue weighted by Gasteiger charge is -2.40. The fourth-order valence-corrected chi connectivity index (χ4v) is 7.20. The number of halogens is 1. The van der Waals surface area contributed by atoms with E-state index in [4.69, 9.17) is 16.6 Å². The van der Waals surface area contributed by atoms with Crippen LogP contribution in [0.5, 0.6) is 0 Å². The molecular weight excluding hydrogens is 460 g/mol. The summed E-state index contributed by atoms with van der Waals surface area (Å²) in [6, 6.07) is 22.0. The summed E-state index contributed by atoms with van der Waals surface area (Å²) in [6.45, 7) is 6.16. The van der Waals surface area contributed by atoms with E-state index in [1.807, 2.05) is 11.3 Å². The van der Waals surface area contributed by atoms with Crippen molar-refractivity contribution in [2.24, 2.45) is 5.92 Å². The van der Waals surface area contributed by atoms with E-state index in [9.17, 15) is 0 Å². The van der Waals surface area contributed by atoms with Gasteiger partial charge in [0.05, 0.1) is 11.4 Å². The van der Waals surface area contributed by atoms with Gasteiger partial charge in [0.25, 0.3) is 0 Å². The molecule has 6 rings (SSSR count). The van der Waals surface area contributed by atoms with Crippen molar-refractivity contribution in [2.75, 3.05) is 31.1 Å². The Balaban J connectivity index is 1.30. The lowest BCUT2D eigenvalue weighted by molar-refractivity contribution is 0.212. The summed E-state index contributed by atoms with van der Waals surface area (Å²) in [6.07, 6.45) is 3.51. The molecule has 174 valence electrons. The Hall–Kier alpha value is -2.47. The van der Waals surface area contributed by atoms with E-state index >= 15 is 0 Å². The van der Waals surface area contributed by atoms with Crippen LogP contribution in [-0.4, -0.2) is 41.0 Å². The average Bonchev–Trinajstić information content (AvgIpc) is 3.22. The van der Waals surface area contributed by atoms with Gasteiger partial charge in [-0.05, 0) is 53.5 Å². The van der Waals surface area contributed by atoms with Crippen LogP contribution in [0.25, 0.3) is 10.2 Å². The van der Waals surface area contributed by atoms with Gasteiger partial charge < -0.3 is 4.90 Å². The Kier molecular flexibility index (Phi) is 6.02. The SMILES string of the molecule is CC1CCc2c(sc3nc(Cl)nc(N4CCN(C(c5ccccc5)c5ccccc5)CC4)c23)C1. The van der Waals surface area contributed by atoms with E-state index in [0.717, 1.165) is 55.6 Å². The molecule has 1 fully saturated rings. The monoisotopic (exact) mass is 488 g/mol. The van der Waals surface area contributed by atoms with E-state index in [0.29, 0.717) is 5.28 Å². The van der Waals surface area contributed by atoms with Crippen molar-refractivity contribution in [2.45, 2.75) is 32.2 Å². The van der Waals surface area contributed by atoms with Crippen LogP contribution in [0, 0.1) is 5.92 Å². The normalized spacial score (nSPS) is 19.0. The molecule has 4 aromatic rings. The molecule has 1 aliphatic heterocycles. The summed E-state index contributed by atoms with van der Waals surface area (Å²) in [5.74, 6) is 1.78. The molecule has 0 saturated carbocycles. The third-order valence-corrected chi connectivity index (χ3v) is 8.64. The molecule has 34 heavy (non-hydrogen) atoms. The Labute approximate surface area is 210 Å². The maximum absolute atomic E-state index is 6.42. The van der Waals surface area contributed by atoms with Gasteiger partial charge in [0, 0.05) is 31.1 Å². The number of aryl methyl sites for hydroxylation is 1. The van der Waals surface area contributed by atoms with Gasteiger partial charge in [0.15, 0.2) is 0 Å². The molecule has 0 N–H and O–H groups in total. The zero-order valence-electron chi connectivity index (χ0n) is 19.5. The van der Waals surface area contributed by atoms with E-state index in [1.54, 1.807) is 0 Å². The molecule has 3 heterocycles. The van der Waals surface area contributed by atoms with Gasteiger partial charge in [-0.3, -0.25) is 4.90 Å². The molecule has 4 nitrogen and oxygen atoms in total. The van der Waals surface area contributed by atoms with Crippen LogP contribution < -0.4 is 4.90 Å². The third-order valence-electron chi connectivity index (χ3n) is 7.32. The van der Waals surface area contributed by atoms with Crippen molar-refractivity contribution < 1.29 is 0 Å². The van der Waals surface area contributed by atoms with Crippen molar-refractivity contribution in [3.05, 3.63) is 87.5 Å². The maximum atomic E-state index is 6.42. The quantitative estimate of drug-likeness (QED) is 0.312. The van der Waals surface area contributed by atoms with Gasteiger partial charge in [-0.2, -0.15) is 4.98 Å². The lowest BCUT2D eigenvalue weighted by Crippen LogP contribution is -2.48. The summed E-state index contributed by atoms with van der Waals surface area (Å²) < 4.78 is 0. The van der Waals surface area contributed by atoms with Crippen LogP contribution in [0.15, 0.2) is 60.7 Å². The van der Waals surface area contributed by atoms with Crippen molar-refractivity contribution >= 4 is 39.0 Å². The number of benzene rings is 2. The summed E-state index contributed by atoms with van der Waals surface area (Å²) >= 11 is 8.25. The highest BCUT2D eigenvalue weighted by molar-refractivity contribution is 7.19. The fraction of sp³-hybridized carbons (Fsp3) is 0.357. The van der Waals surface area contributed by atoms with Gasteiger partial charge in [0.1, 0.15) is 10.6 Å². The van der Waals surface area contributed by atoms with Crippen molar-refractivity contribution in [3.63, 3.8) is 0 Å². The molecule has 6 heteroatoms. The highest BCUT2D eigenvalue weighted by Gasteiger charge is 2.30. The second kappa shape index (κ2) is 9.29. The average molecular weight is 489 g/mol. The zero-order valence-corrected chi connectivity index (χ0v) is 21.0. The predicted molar refractivity (Wildman–Crippen MR) is 142 cm³/mol. The predicted octanol–water partition coefficient (Wildman–Crippen LogP) is 6.38.